The van der Waals surface area contributed by atoms with Crippen LogP contribution in [-0.4, -0.2) is 9.55 Å². The van der Waals surface area contributed by atoms with Gasteiger partial charge in [0.15, 0.2) is 0 Å². The number of benzene rings is 6. The summed E-state index contributed by atoms with van der Waals surface area (Å²) in [5, 5.41) is 5.89. The molecule has 8 aromatic rings. The molecule has 0 saturated heterocycles. The van der Waals surface area contributed by atoms with E-state index in [1.165, 1.54) is 27.1 Å². The predicted octanol–water partition coefficient (Wildman–Crippen LogP) is 9.92. The summed E-state index contributed by atoms with van der Waals surface area (Å²) in [4.78, 5) is 5.06. The van der Waals surface area contributed by atoms with Crippen LogP contribution in [0.1, 0.15) is 0 Å². The van der Waals surface area contributed by atoms with Gasteiger partial charge < -0.3 is 9.30 Å². The number of ether oxygens (including phenoxy) is 1. The van der Waals surface area contributed by atoms with Crippen LogP contribution < -0.4 is 4.74 Å². The van der Waals surface area contributed by atoms with E-state index >= 15 is 0 Å². The van der Waals surface area contributed by atoms with E-state index in [0.717, 1.165) is 55.9 Å². The van der Waals surface area contributed by atoms with Crippen molar-refractivity contribution in [2.45, 2.75) is 0 Å². The fourth-order valence-electron chi connectivity index (χ4n) is 6.47. The number of para-hydroxylation sites is 2. The van der Waals surface area contributed by atoms with E-state index in [1.807, 2.05) is 6.07 Å². The monoisotopic (exact) mass is 510 g/mol. The topological polar surface area (TPSA) is 27.1 Å². The molecule has 0 amide bonds. The second-order valence-corrected chi connectivity index (χ2v) is 10.4. The van der Waals surface area contributed by atoms with E-state index < -0.39 is 0 Å². The van der Waals surface area contributed by atoms with Crippen molar-refractivity contribution >= 4 is 43.5 Å². The number of rotatable bonds is 2. The fourth-order valence-corrected chi connectivity index (χ4v) is 6.47. The summed E-state index contributed by atoms with van der Waals surface area (Å²) in [5.74, 6) is 1.81. The zero-order valence-corrected chi connectivity index (χ0v) is 21.5. The molecule has 0 spiro atoms. The van der Waals surface area contributed by atoms with Crippen LogP contribution in [0, 0.1) is 0 Å². The van der Waals surface area contributed by atoms with E-state index in [2.05, 4.69) is 132 Å². The average Bonchev–Trinajstić information content (AvgIpc) is 3.35. The Morgan fingerprint density at radius 1 is 0.550 bits per heavy atom. The molecule has 6 aromatic carbocycles. The molecule has 0 aliphatic carbocycles. The van der Waals surface area contributed by atoms with Gasteiger partial charge in [-0.15, -0.1) is 0 Å². The number of fused-ring (bicyclic) bond motifs is 7. The molecular formula is C37H22N2O. The van der Waals surface area contributed by atoms with Crippen LogP contribution in [-0.2, 0) is 0 Å². The Morgan fingerprint density at radius 3 is 2.23 bits per heavy atom. The standard InChI is InChI=1S/C37H22N2O/c1-2-10-23(11-3-1)29-22-32(25-14-4-6-17-28(25)38-29)39-30-18-7-5-15-26(30)36-31(39)20-21-34-37(36)27-16-8-12-24-13-9-19-33(40-34)35(24)27/h1-22H. The molecule has 3 heterocycles. The molecule has 0 N–H and O–H groups in total. The summed E-state index contributed by atoms with van der Waals surface area (Å²) >= 11 is 0. The SMILES string of the molecule is c1ccc(-c2cc(-n3c4ccccc4c4c5c(ccc43)Oc3cccc4cccc-5c34)c3ccccc3n2)cc1. The highest BCUT2D eigenvalue weighted by Gasteiger charge is 2.26. The normalized spacial score (nSPS) is 12.2. The highest BCUT2D eigenvalue weighted by atomic mass is 16.5. The van der Waals surface area contributed by atoms with E-state index in [0.29, 0.717) is 0 Å². The molecule has 3 heteroatoms. The third kappa shape index (κ3) is 2.92. The molecule has 1 aliphatic rings. The lowest BCUT2D eigenvalue weighted by Gasteiger charge is -2.22. The zero-order valence-electron chi connectivity index (χ0n) is 21.5. The van der Waals surface area contributed by atoms with Crippen molar-refractivity contribution in [2.75, 3.05) is 0 Å². The van der Waals surface area contributed by atoms with E-state index in [4.69, 9.17) is 9.72 Å². The molecule has 0 fully saturated rings. The Kier molecular flexibility index (Phi) is 4.33. The van der Waals surface area contributed by atoms with Gasteiger partial charge in [0.2, 0.25) is 0 Å². The third-order valence-electron chi connectivity index (χ3n) is 8.16. The average molecular weight is 511 g/mol. The van der Waals surface area contributed by atoms with Gasteiger partial charge in [0.25, 0.3) is 0 Å². The van der Waals surface area contributed by atoms with Gasteiger partial charge >= 0.3 is 0 Å². The van der Waals surface area contributed by atoms with Crippen LogP contribution in [0.25, 0.3) is 71.6 Å². The first kappa shape index (κ1) is 21.5. The van der Waals surface area contributed by atoms with Gasteiger partial charge in [-0.2, -0.15) is 0 Å². The summed E-state index contributed by atoms with van der Waals surface area (Å²) in [6, 6.07) is 47.0. The number of hydrogen-bond donors (Lipinski definition) is 0. The van der Waals surface area contributed by atoms with E-state index in [1.54, 1.807) is 0 Å². The van der Waals surface area contributed by atoms with Crippen molar-refractivity contribution in [1.29, 1.82) is 0 Å². The first-order valence-electron chi connectivity index (χ1n) is 13.6. The van der Waals surface area contributed by atoms with Crippen LogP contribution in [0.3, 0.4) is 0 Å². The molecule has 1 aliphatic heterocycles. The van der Waals surface area contributed by atoms with Crippen molar-refractivity contribution in [3.8, 4) is 39.6 Å². The van der Waals surface area contributed by atoms with Crippen LogP contribution in [0.2, 0.25) is 0 Å². The molecule has 3 nitrogen and oxygen atoms in total. The highest BCUT2D eigenvalue weighted by molar-refractivity contribution is 6.21. The number of pyridine rings is 1. The predicted molar refractivity (Wildman–Crippen MR) is 165 cm³/mol. The number of nitrogens with zero attached hydrogens (tertiary/aromatic N) is 2. The quantitative estimate of drug-likeness (QED) is 0.231. The van der Waals surface area contributed by atoms with Gasteiger partial charge in [0.05, 0.1) is 27.9 Å². The van der Waals surface area contributed by atoms with Gasteiger partial charge in [-0.25, -0.2) is 4.98 Å². The summed E-state index contributed by atoms with van der Waals surface area (Å²) in [5.41, 5.74) is 8.83. The minimum atomic E-state index is 0.895. The van der Waals surface area contributed by atoms with Crippen LogP contribution in [0.15, 0.2) is 133 Å². The molecule has 0 bridgehead atoms. The Hall–Kier alpha value is -5.41. The molecule has 0 radical (unpaired) electrons. The van der Waals surface area contributed by atoms with Crippen molar-refractivity contribution in [3.05, 3.63) is 133 Å². The largest absolute Gasteiger partial charge is 0.456 e. The lowest BCUT2D eigenvalue weighted by atomic mass is 9.91. The minimum Gasteiger partial charge on any atom is -0.456 e. The fraction of sp³-hybridized carbons (Fsp3) is 0. The van der Waals surface area contributed by atoms with Crippen LogP contribution >= 0.6 is 0 Å². The maximum Gasteiger partial charge on any atom is 0.136 e. The van der Waals surface area contributed by atoms with Crippen LogP contribution in [0.5, 0.6) is 11.5 Å². The molecule has 9 rings (SSSR count). The van der Waals surface area contributed by atoms with Gasteiger partial charge in [-0.3, -0.25) is 0 Å². The second-order valence-electron chi connectivity index (χ2n) is 10.4. The van der Waals surface area contributed by atoms with Gasteiger partial charge in [-0.1, -0.05) is 97.1 Å². The van der Waals surface area contributed by atoms with Gasteiger partial charge in [0, 0.05) is 32.7 Å². The molecule has 2 aromatic heterocycles. The van der Waals surface area contributed by atoms with Crippen LogP contribution in [0.4, 0.5) is 0 Å². The Morgan fingerprint density at radius 2 is 1.32 bits per heavy atom. The maximum atomic E-state index is 6.55. The van der Waals surface area contributed by atoms with Crippen molar-refractivity contribution < 1.29 is 4.74 Å². The van der Waals surface area contributed by atoms with E-state index in [9.17, 15) is 0 Å². The maximum absolute atomic E-state index is 6.55. The first-order chi connectivity index (χ1) is 19.8. The minimum absolute atomic E-state index is 0.895. The third-order valence-corrected chi connectivity index (χ3v) is 8.16. The number of hydrogen-bond acceptors (Lipinski definition) is 2. The Balaban J connectivity index is 1.44. The Bertz CT molecular complexity index is 2290. The molecule has 186 valence electrons. The smallest absolute Gasteiger partial charge is 0.136 e. The van der Waals surface area contributed by atoms with Crippen molar-refractivity contribution in [1.82, 2.24) is 9.55 Å². The van der Waals surface area contributed by atoms with Gasteiger partial charge in [0.1, 0.15) is 11.5 Å². The second kappa shape index (κ2) is 8.05. The molecule has 0 unspecified atom stereocenters. The zero-order chi connectivity index (χ0) is 26.2. The van der Waals surface area contributed by atoms with E-state index in [-0.39, 0.29) is 0 Å². The molecule has 40 heavy (non-hydrogen) atoms. The molecule has 0 atom stereocenters. The lowest BCUT2D eigenvalue weighted by Crippen LogP contribution is -2.00. The highest BCUT2D eigenvalue weighted by Crippen LogP contribution is 2.51. The summed E-state index contributed by atoms with van der Waals surface area (Å²) in [7, 11) is 0. The van der Waals surface area contributed by atoms with Gasteiger partial charge in [-0.05, 0) is 47.3 Å². The summed E-state index contributed by atoms with van der Waals surface area (Å²) < 4.78 is 8.95. The lowest BCUT2D eigenvalue weighted by molar-refractivity contribution is 0.488. The summed E-state index contributed by atoms with van der Waals surface area (Å²) in [6.07, 6.45) is 0. The molecular weight excluding hydrogens is 488 g/mol. The first-order valence-corrected chi connectivity index (χ1v) is 13.6. The Labute approximate surface area is 230 Å². The molecule has 0 saturated carbocycles. The summed E-state index contributed by atoms with van der Waals surface area (Å²) in [6.45, 7) is 0. The van der Waals surface area contributed by atoms with Crippen molar-refractivity contribution in [2.24, 2.45) is 0 Å². The van der Waals surface area contributed by atoms with Crippen molar-refractivity contribution in [3.63, 3.8) is 0 Å². The number of aromatic nitrogens is 2.